The van der Waals surface area contributed by atoms with E-state index in [4.69, 9.17) is 19.3 Å². The van der Waals surface area contributed by atoms with E-state index in [9.17, 15) is 39.6 Å². The summed E-state index contributed by atoms with van der Waals surface area (Å²) in [5.41, 5.74) is 0.759. The lowest BCUT2D eigenvalue weighted by Gasteiger charge is -2.24. The molecule has 48 heavy (non-hydrogen) atoms. The van der Waals surface area contributed by atoms with E-state index >= 15 is 0 Å². The SMILES string of the molecule is COc1c(O)c2c(=O)cc(CO)c3c4c(CO)cc(=O)c5c(O)c(CCC(=O)OCCOCCO)c6c(c(c1C(C(C)=O)=C(C)C6)c23)c54. The van der Waals surface area contributed by atoms with Crippen LogP contribution in [0.25, 0.3) is 48.7 Å². The van der Waals surface area contributed by atoms with Crippen LogP contribution in [0.5, 0.6) is 17.2 Å². The smallest absolute Gasteiger partial charge is 0.306 e. The highest BCUT2D eigenvalue weighted by Gasteiger charge is 2.35. The lowest BCUT2D eigenvalue weighted by Crippen LogP contribution is -2.14. The van der Waals surface area contributed by atoms with Crippen LogP contribution in [0.1, 0.15) is 48.1 Å². The Hall–Kier alpha value is -4.88. The Morgan fingerprint density at radius 2 is 1.40 bits per heavy atom. The molecule has 0 atom stereocenters. The van der Waals surface area contributed by atoms with Crippen LogP contribution < -0.4 is 15.6 Å². The predicted octanol–water partition coefficient (Wildman–Crippen LogP) is 2.70. The molecular weight excluding hydrogens is 624 g/mol. The van der Waals surface area contributed by atoms with Gasteiger partial charge in [0, 0.05) is 33.7 Å². The Bertz CT molecular complexity index is 2300. The molecule has 1 aliphatic rings. The molecule has 5 N–H and O–H groups in total. The number of allylic oxidation sites excluding steroid dienone is 2. The molecule has 0 saturated carbocycles. The van der Waals surface area contributed by atoms with Gasteiger partial charge in [0.2, 0.25) is 0 Å². The average Bonchev–Trinajstić information content (AvgIpc) is 3.18. The number of fused-ring (bicyclic) bond motifs is 1. The first-order valence-electron chi connectivity index (χ1n) is 15.4. The van der Waals surface area contributed by atoms with E-state index in [1.807, 2.05) is 0 Å². The van der Waals surface area contributed by atoms with Gasteiger partial charge in [0.1, 0.15) is 12.4 Å². The van der Waals surface area contributed by atoms with Gasteiger partial charge < -0.3 is 39.7 Å². The average molecular weight is 659 g/mol. The van der Waals surface area contributed by atoms with Crippen molar-refractivity contribution in [3.8, 4) is 17.2 Å². The minimum atomic E-state index is -0.623. The molecule has 0 aliphatic heterocycles. The molecule has 0 fully saturated rings. The fourth-order valence-electron chi connectivity index (χ4n) is 7.43. The molecule has 0 amide bonds. The zero-order valence-electron chi connectivity index (χ0n) is 26.6. The van der Waals surface area contributed by atoms with Crippen molar-refractivity contribution in [2.75, 3.05) is 33.5 Å². The van der Waals surface area contributed by atoms with Crippen molar-refractivity contribution in [3.05, 3.63) is 66.0 Å². The summed E-state index contributed by atoms with van der Waals surface area (Å²) in [6.07, 6.45) is -0.187. The van der Waals surface area contributed by atoms with Gasteiger partial charge in [0.05, 0.1) is 50.9 Å². The largest absolute Gasteiger partial charge is 0.507 e. The number of hydrogen-bond acceptors (Lipinski definition) is 12. The molecule has 0 spiro atoms. The normalized spacial score (nSPS) is 13.0. The number of aliphatic hydroxyl groups is 3. The number of phenolic OH excluding ortho intramolecular Hbond substituents is 2. The summed E-state index contributed by atoms with van der Waals surface area (Å²) >= 11 is 0. The zero-order chi connectivity index (χ0) is 34.6. The number of phenols is 2. The lowest BCUT2D eigenvalue weighted by atomic mass is 9.79. The number of ketones is 1. The summed E-state index contributed by atoms with van der Waals surface area (Å²) in [7, 11) is 1.30. The van der Waals surface area contributed by atoms with Crippen LogP contribution in [0.15, 0.2) is 27.3 Å². The molecule has 5 aromatic carbocycles. The molecule has 0 unspecified atom stereocenters. The van der Waals surface area contributed by atoms with E-state index in [-0.39, 0.29) is 118 Å². The van der Waals surface area contributed by atoms with Crippen LogP contribution in [0.2, 0.25) is 0 Å². The molecule has 6 rings (SSSR count). The molecule has 1 aliphatic carbocycles. The van der Waals surface area contributed by atoms with Gasteiger partial charge in [0.15, 0.2) is 28.1 Å². The van der Waals surface area contributed by atoms with Gasteiger partial charge in [-0.2, -0.15) is 0 Å². The van der Waals surface area contributed by atoms with Crippen LogP contribution in [-0.4, -0.2) is 70.8 Å². The van der Waals surface area contributed by atoms with Gasteiger partial charge in [0.25, 0.3) is 0 Å². The topological polar surface area (TPSA) is 197 Å². The molecule has 12 nitrogen and oxygen atoms in total. The number of carbonyl (C=O) groups excluding carboxylic acids is 2. The first-order chi connectivity index (χ1) is 23.0. The summed E-state index contributed by atoms with van der Waals surface area (Å²) < 4.78 is 16.1. The number of ether oxygens (including phenoxy) is 3. The second-order valence-corrected chi connectivity index (χ2v) is 11.9. The molecular formula is C36H34O12. The van der Waals surface area contributed by atoms with Crippen molar-refractivity contribution in [1.29, 1.82) is 0 Å². The Balaban J connectivity index is 1.82. The van der Waals surface area contributed by atoms with E-state index in [2.05, 4.69) is 0 Å². The highest BCUT2D eigenvalue weighted by Crippen LogP contribution is 2.55. The van der Waals surface area contributed by atoms with Gasteiger partial charge in [-0.15, -0.1) is 0 Å². The maximum atomic E-state index is 13.8. The Morgan fingerprint density at radius 3 is 1.96 bits per heavy atom. The van der Waals surface area contributed by atoms with Gasteiger partial charge in [-0.05, 0) is 77.2 Å². The van der Waals surface area contributed by atoms with Crippen molar-refractivity contribution in [2.45, 2.75) is 46.3 Å². The highest BCUT2D eigenvalue weighted by molar-refractivity contribution is 6.40. The van der Waals surface area contributed by atoms with Crippen LogP contribution in [0, 0.1) is 0 Å². The standard InChI is InChI=1S/C36H34O12/c1-15-10-20-19(4-5-23(43)48-9-8-47-7-6-37)34(44)28-21(41)11-17(13-38)25-26-18(14-39)12-22(42)29-31(26)32(27(20)30(25)28)33(24(15)16(2)40)36(46-3)35(29)45/h11-12,37-39,44-45H,4-10,13-14H2,1-3H3. The van der Waals surface area contributed by atoms with E-state index in [1.54, 1.807) is 6.92 Å². The quantitative estimate of drug-likeness (QED) is 0.0570. The molecule has 0 aromatic heterocycles. The highest BCUT2D eigenvalue weighted by atomic mass is 16.6. The predicted molar refractivity (Wildman–Crippen MR) is 177 cm³/mol. The number of Topliss-reactive ketones (excluding diaryl/α,β-unsaturated/α-hetero) is 1. The minimum Gasteiger partial charge on any atom is -0.507 e. The Morgan fingerprint density at radius 1 is 0.792 bits per heavy atom. The number of rotatable bonds is 12. The number of esters is 1. The minimum absolute atomic E-state index is 0.0569. The van der Waals surface area contributed by atoms with Gasteiger partial charge in [-0.3, -0.25) is 19.2 Å². The molecule has 250 valence electrons. The van der Waals surface area contributed by atoms with Crippen molar-refractivity contribution < 1.29 is 49.3 Å². The Labute approximate surface area is 272 Å². The van der Waals surface area contributed by atoms with Crippen molar-refractivity contribution >= 4 is 60.4 Å². The summed E-state index contributed by atoms with van der Waals surface area (Å²) in [6, 6.07) is 2.36. The summed E-state index contributed by atoms with van der Waals surface area (Å²) in [5, 5.41) is 54.9. The third-order valence-electron chi connectivity index (χ3n) is 9.18. The Kier molecular flexibility index (Phi) is 8.69. The van der Waals surface area contributed by atoms with Crippen molar-refractivity contribution in [3.63, 3.8) is 0 Å². The number of benzene rings is 5. The number of aliphatic hydroxyl groups excluding tert-OH is 3. The third kappa shape index (κ3) is 4.83. The van der Waals surface area contributed by atoms with Crippen LogP contribution in [0.4, 0.5) is 0 Å². The number of aromatic hydroxyl groups is 2. The monoisotopic (exact) mass is 658 g/mol. The fourth-order valence-corrected chi connectivity index (χ4v) is 7.43. The summed E-state index contributed by atoms with van der Waals surface area (Å²) in [5.74, 6) is -1.99. The maximum Gasteiger partial charge on any atom is 0.306 e. The van der Waals surface area contributed by atoms with E-state index in [0.29, 0.717) is 27.3 Å². The van der Waals surface area contributed by atoms with Gasteiger partial charge in [-0.1, -0.05) is 5.57 Å². The second kappa shape index (κ2) is 12.6. The van der Waals surface area contributed by atoms with E-state index in [0.717, 1.165) is 0 Å². The zero-order valence-corrected chi connectivity index (χ0v) is 26.6. The number of carbonyl (C=O) groups is 2. The van der Waals surface area contributed by atoms with Crippen LogP contribution >= 0.6 is 0 Å². The van der Waals surface area contributed by atoms with E-state index in [1.165, 1.54) is 26.2 Å². The molecule has 0 heterocycles. The van der Waals surface area contributed by atoms with Gasteiger partial charge in [-0.25, -0.2) is 0 Å². The molecule has 0 radical (unpaired) electrons. The van der Waals surface area contributed by atoms with Crippen molar-refractivity contribution in [1.82, 2.24) is 0 Å². The fraction of sp³-hybridized carbons (Fsp3) is 0.333. The molecule has 12 heteroatoms. The van der Waals surface area contributed by atoms with Crippen molar-refractivity contribution in [2.24, 2.45) is 0 Å². The molecule has 0 bridgehead atoms. The lowest BCUT2D eigenvalue weighted by molar-refractivity contribution is -0.145. The van der Waals surface area contributed by atoms with Crippen LogP contribution in [0.3, 0.4) is 0 Å². The summed E-state index contributed by atoms with van der Waals surface area (Å²) in [4.78, 5) is 53.7. The summed E-state index contributed by atoms with van der Waals surface area (Å²) in [6.45, 7) is 1.80. The second-order valence-electron chi connectivity index (χ2n) is 11.9. The van der Waals surface area contributed by atoms with Gasteiger partial charge >= 0.3 is 5.97 Å². The number of hydrogen-bond donors (Lipinski definition) is 5. The third-order valence-corrected chi connectivity index (χ3v) is 9.18. The first-order valence-corrected chi connectivity index (χ1v) is 15.4. The molecule has 5 aromatic rings. The maximum absolute atomic E-state index is 13.8. The first kappa shape index (κ1) is 33.0. The number of methoxy groups -OCH3 is 1. The molecule has 0 saturated heterocycles. The van der Waals surface area contributed by atoms with Crippen LogP contribution in [-0.2, 0) is 45.1 Å². The van der Waals surface area contributed by atoms with E-state index < -0.39 is 35.8 Å².